The maximum Gasteiger partial charge on any atom is 0.327 e. The highest BCUT2D eigenvalue weighted by Gasteiger charge is 2.20. The summed E-state index contributed by atoms with van der Waals surface area (Å²) >= 11 is 0. The summed E-state index contributed by atoms with van der Waals surface area (Å²) in [5, 5.41) is 6.89. The highest BCUT2D eigenvalue weighted by molar-refractivity contribution is 5.85. The summed E-state index contributed by atoms with van der Waals surface area (Å²) in [5.41, 5.74) is 0.813. The summed E-state index contributed by atoms with van der Waals surface area (Å²) in [4.78, 5) is 11.5. The molecule has 0 fully saturated rings. The summed E-state index contributed by atoms with van der Waals surface area (Å²) in [6.45, 7) is 2.17. The Hall–Kier alpha value is -0.780. The number of nitrogens with zero attached hydrogens (tertiary/aromatic N) is 2. The van der Waals surface area contributed by atoms with Gasteiger partial charge in [0.1, 0.15) is 6.04 Å². The van der Waals surface area contributed by atoms with Gasteiger partial charge in [-0.1, -0.05) is 0 Å². The lowest BCUT2D eigenvalue weighted by Crippen LogP contribution is -2.26. The second kappa shape index (κ2) is 8.38. The van der Waals surface area contributed by atoms with Crippen molar-refractivity contribution in [1.29, 1.82) is 0 Å². The summed E-state index contributed by atoms with van der Waals surface area (Å²) in [5.74, 6) is -0.275. The monoisotopic (exact) mass is 269 g/mol. The number of nitrogens with one attached hydrogen (secondary N) is 1. The SMILES string of the molecule is CCOC(=O)C(NC)c1cnn(C)c1.Cl.Cl. The lowest BCUT2D eigenvalue weighted by Gasteiger charge is -2.12. The zero-order chi connectivity index (χ0) is 10.6. The van der Waals surface area contributed by atoms with Crippen LogP contribution in [0.3, 0.4) is 0 Å². The van der Waals surface area contributed by atoms with E-state index < -0.39 is 6.04 Å². The first-order valence-electron chi connectivity index (χ1n) is 4.51. The standard InChI is InChI=1S/C9H15N3O2.2ClH/c1-4-14-9(13)8(10-2)7-5-11-12(3)6-7;;/h5-6,8,10H,4H2,1-3H3;2*1H. The predicted octanol–water partition coefficient (Wildman–Crippen LogP) is 1.09. The number of likely N-dealkylation sites (N-methyl/N-ethyl adjacent to an activating group) is 1. The zero-order valence-corrected chi connectivity index (χ0v) is 11.1. The number of carbonyl (C=O) groups is 1. The van der Waals surface area contributed by atoms with Gasteiger partial charge in [-0.3, -0.25) is 4.68 Å². The third-order valence-corrected chi connectivity index (χ3v) is 1.87. The molecular formula is C9H17Cl2N3O2. The van der Waals surface area contributed by atoms with Gasteiger partial charge in [0.05, 0.1) is 12.8 Å². The Morgan fingerprint density at radius 2 is 2.25 bits per heavy atom. The van der Waals surface area contributed by atoms with E-state index in [0.717, 1.165) is 5.56 Å². The average molecular weight is 270 g/mol. The molecule has 1 rings (SSSR count). The van der Waals surface area contributed by atoms with Gasteiger partial charge in [-0.25, -0.2) is 4.79 Å². The Morgan fingerprint density at radius 1 is 1.62 bits per heavy atom. The van der Waals surface area contributed by atoms with Crippen LogP contribution in [-0.2, 0) is 16.6 Å². The third kappa shape index (κ3) is 4.38. The van der Waals surface area contributed by atoms with Gasteiger partial charge in [-0.2, -0.15) is 5.10 Å². The maximum absolute atomic E-state index is 11.5. The lowest BCUT2D eigenvalue weighted by atomic mass is 10.2. The molecule has 7 heteroatoms. The fourth-order valence-electron chi connectivity index (χ4n) is 1.24. The van der Waals surface area contributed by atoms with Crippen LogP contribution in [0.1, 0.15) is 18.5 Å². The summed E-state index contributed by atoms with van der Waals surface area (Å²) in [6.07, 6.45) is 3.44. The fraction of sp³-hybridized carbons (Fsp3) is 0.556. The van der Waals surface area contributed by atoms with Crippen LogP contribution in [0.25, 0.3) is 0 Å². The van der Waals surface area contributed by atoms with Crippen molar-refractivity contribution in [1.82, 2.24) is 15.1 Å². The van der Waals surface area contributed by atoms with Crippen LogP contribution in [0, 0.1) is 0 Å². The molecule has 1 heterocycles. The summed E-state index contributed by atoms with van der Waals surface area (Å²) in [7, 11) is 3.52. The number of rotatable bonds is 4. The summed E-state index contributed by atoms with van der Waals surface area (Å²) < 4.78 is 6.57. The second-order valence-electron chi connectivity index (χ2n) is 2.92. The molecule has 16 heavy (non-hydrogen) atoms. The molecule has 94 valence electrons. The molecule has 1 aromatic heterocycles. The van der Waals surface area contributed by atoms with Gasteiger partial charge in [0.15, 0.2) is 0 Å². The van der Waals surface area contributed by atoms with E-state index in [0.29, 0.717) is 6.61 Å². The van der Waals surface area contributed by atoms with Gasteiger partial charge in [0.25, 0.3) is 0 Å². The quantitative estimate of drug-likeness (QED) is 0.832. The molecule has 1 unspecified atom stereocenters. The topological polar surface area (TPSA) is 56.1 Å². The zero-order valence-electron chi connectivity index (χ0n) is 9.47. The Bertz CT molecular complexity index is 317. The number of halogens is 2. The molecule has 5 nitrogen and oxygen atoms in total. The Labute approximate surface area is 107 Å². The fourth-order valence-corrected chi connectivity index (χ4v) is 1.24. The molecule has 1 N–H and O–H groups in total. The van der Waals surface area contributed by atoms with E-state index in [-0.39, 0.29) is 30.8 Å². The molecule has 0 radical (unpaired) electrons. The van der Waals surface area contributed by atoms with Crippen molar-refractivity contribution in [3.05, 3.63) is 18.0 Å². The first kappa shape index (κ1) is 17.6. The molecular weight excluding hydrogens is 253 g/mol. The molecule has 0 aromatic carbocycles. The normalized spacial score (nSPS) is 10.9. The molecule has 0 aliphatic rings. The highest BCUT2D eigenvalue weighted by Crippen LogP contribution is 2.12. The number of carbonyl (C=O) groups excluding carboxylic acids is 1. The number of esters is 1. The van der Waals surface area contributed by atoms with Crippen molar-refractivity contribution in [3.8, 4) is 0 Å². The average Bonchev–Trinajstić information content (AvgIpc) is 2.54. The molecule has 0 saturated carbocycles. The van der Waals surface area contributed by atoms with Crippen molar-refractivity contribution in [3.63, 3.8) is 0 Å². The van der Waals surface area contributed by atoms with Crippen LogP contribution in [0.4, 0.5) is 0 Å². The Kier molecular flexibility index (Phi) is 9.22. The predicted molar refractivity (Wildman–Crippen MR) is 66.1 cm³/mol. The molecule has 1 aromatic rings. The number of aryl methyl sites for hydroxylation is 1. The molecule has 1 atom stereocenters. The van der Waals surface area contributed by atoms with E-state index in [4.69, 9.17) is 4.74 Å². The van der Waals surface area contributed by atoms with Gasteiger partial charge in [0, 0.05) is 18.8 Å². The number of hydrogen-bond donors (Lipinski definition) is 1. The minimum Gasteiger partial charge on any atom is -0.465 e. The van der Waals surface area contributed by atoms with E-state index in [1.807, 2.05) is 0 Å². The lowest BCUT2D eigenvalue weighted by molar-refractivity contribution is -0.145. The number of hydrogen-bond acceptors (Lipinski definition) is 4. The van der Waals surface area contributed by atoms with Gasteiger partial charge in [-0.15, -0.1) is 24.8 Å². The van der Waals surface area contributed by atoms with Crippen molar-refractivity contribution >= 4 is 30.8 Å². The van der Waals surface area contributed by atoms with Crippen molar-refractivity contribution in [2.75, 3.05) is 13.7 Å². The van der Waals surface area contributed by atoms with E-state index >= 15 is 0 Å². The Morgan fingerprint density at radius 3 is 2.62 bits per heavy atom. The van der Waals surface area contributed by atoms with Gasteiger partial charge < -0.3 is 10.1 Å². The van der Waals surface area contributed by atoms with E-state index in [2.05, 4.69) is 10.4 Å². The van der Waals surface area contributed by atoms with Crippen molar-refractivity contribution in [2.24, 2.45) is 7.05 Å². The van der Waals surface area contributed by atoms with Crippen LogP contribution < -0.4 is 5.32 Å². The molecule has 0 bridgehead atoms. The van der Waals surface area contributed by atoms with E-state index in [1.165, 1.54) is 0 Å². The summed E-state index contributed by atoms with van der Waals surface area (Å²) in [6, 6.07) is -0.427. The Balaban J connectivity index is 0. The van der Waals surface area contributed by atoms with Gasteiger partial charge in [-0.05, 0) is 14.0 Å². The largest absolute Gasteiger partial charge is 0.465 e. The molecule has 0 spiro atoms. The second-order valence-corrected chi connectivity index (χ2v) is 2.92. The van der Waals surface area contributed by atoms with E-state index in [9.17, 15) is 4.79 Å². The first-order chi connectivity index (χ1) is 6.69. The van der Waals surface area contributed by atoms with Crippen LogP contribution in [-0.4, -0.2) is 29.4 Å². The van der Waals surface area contributed by atoms with Crippen LogP contribution in [0.15, 0.2) is 12.4 Å². The van der Waals surface area contributed by atoms with Crippen molar-refractivity contribution < 1.29 is 9.53 Å². The third-order valence-electron chi connectivity index (χ3n) is 1.87. The molecule has 0 aliphatic heterocycles. The van der Waals surface area contributed by atoms with Crippen LogP contribution >= 0.6 is 24.8 Å². The molecule has 0 saturated heterocycles. The van der Waals surface area contributed by atoms with Gasteiger partial charge >= 0.3 is 5.97 Å². The van der Waals surface area contributed by atoms with Gasteiger partial charge in [0.2, 0.25) is 0 Å². The molecule has 0 aliphatic carbocycles. The minimum atomic E-state index is -0.427. The smallest absolute Gasteiger partial charge is 0.327 e. The molecule has 0 amide bonds. The van der Waals surface area contributed by atoms with E-state index in [1.54, 1.807) is 38.1 Å². The van der Waals surface area contributed by atoms with Crippen molar-refractivity contribution in [2.45, 2.75) is 13.0 Å². The van der Waals surface area contributed by atoms with Crippen LogP contribution in [0.5, 0.6) is 0 Å². The maximum atomic E-state index is 11.5. The minimum absolute atomic E-state index is 0. The number of ether oxygens (including phenoxy) is 1. The van der Waals surface area contributed by atoms with Crippen LogP contribution in [0.2, 0.25) is 0 Å². The number of aromatic nitrogens is 2. The first-order valence-corrected chi connectivity index (χ1v) is 4.51. The highest BCUT2D eigenvalue weighted by atomic mass is 35.5.